The number of carbonyl (C=O) groups is 1. The molecule has 2 unspecified atom stereocenters. The minimum absolute atomic E-state index is 0.110. The van der Waals surface area contributed by atoms with Crippen molar-refractivity contribution < 1.29 is 9.21 Å². The Morgan fingerprint density at radius 2 is 2.00 bits per heavy atom. The summed E-state index contributed by atoms with van der Waals surface area (Å²) in [6, 6.07) is 14.9. The van der Waals surface area contributed by atoms with E-state index in [2.05, 4.69) is 10.3 Å². The van der Waals surface area contributed by atoms with Gasteiger partial charge in [-0.05, 0) is 36.6 Å². The van der Waals surface area contributed by atoms with Gasteiger partial charge in [0.1, 0.15) is 5.52 Å². The second kappa shape index (κ2) is 6.33. The third-order valence-electron chi connectivity index (χ3n) is 4.73. The number of benzene rings is 2. The largest absolute Gasteiger partial charge is 0.440 e. The SMILES string of the molecule is CC(C(=O)Nc1ccc2oc(C3CC3)nc2c1)C(N)c1ccccc1. The van der Waals surface area contributed by atoms with Crippen molar-refractivity contribution in [1.29, 1.82) is 0 Å². The summed E-state index contributed by atoms with van der Waals surface area (Å²) in [6.07, 6.45) is 2.29. The van der Waals surface area contributed by atoms with E-state index in [0.29, 0.717) is 11.6 Å². The molecule has 0 radical (unpaired) electrons. The fourth-order valence-corrected chi connectivity index (χ4v) is 2.91. The summed E-state index contributed by atoms with van der Waals surface area (Å²) >= 11 is 0. The fourth-order valence-electron chi connectivity index (χ4n) is 2.91. The van der Waals surface area contributed by atoms with Crippen LogP contribution in [0.25, 0.3) is 11.1 Å². The van der Waals surface area contributed by atoms with Crippen LogP contribution in [0.3, 0.4) is 0 Å². The molecule has 5 heteroatoms. The first-order valence-electron chi connectivity index (χ1n) is 8.63. The lowest BCUT2D eigenvalue weighted by atomic mass is 9.94. The van der Waals surface area contributed by atoms with Crippen LogP contribution in [0, 0.1) is 5.92 Å². The van der Waals surface area contributed by atoms with Crippen molar-refractivity contribution >= 4 is 22.7 Å². The first-order valence-corrected chi connectivity index (χ1v) is 8.63. The van der Waals surface area contributed by atoms with E-state index in [1.807, 2.05) is 55.5 Å². The van der Waals surface area contributed by atoms with Gasteiger partial charge in [-0.2, -0.15) is 0 Å². The number of oxazole rings is 1. The molecule has 1 saturated carbocycles. The van der Waals surface area contributed by atoms with Crippen LogP contribution in [0.1, 0.15) is 43.2 Å². The van der Waals surface area contributed by atoms with Crippen molar-refractivity contribution in [3.63, 3.8) is 0 Å². The molecule has 1 heterocycles. The van der Waals surface area contributed by atoms with Gasteiger partial charge in [-0.25, -0.2) is 4.98 Å². The molecule has 1 aliphatic rings. The van der Waals surface area contributed by atoms with Gasteiger partial charge in [0.05, 0.1) is 5.92 Å². The minimum Gasteiger partial charge on any atom is -0.440 e. The van der Waals surface area contributed by atoms with E-state index in [4.69, 9.17) is 10.2 Å². The zero-order chi connectivity index (χ0) is 17.4. The van der Waals surface area contributed by atoms with Gasteiger partial charge in [-0.15, -0.1) is 0 Å². The summed E-state index contributed by atoms with van der Waals surface area (Å²) in [5.74, 6) is 0.811. The van der Waals surface area contributed by atoms with Gasteiger partial charge in [-0.3, -0.25) is 4.79 Å². The first-order chi connectivity index (χ1) is 12.1. The molecular weight excluding hydrogens is 314 g/mol. The number of nitrogens with zero attached hydrogens (tertiary/aromatic N) is 1. The number of hydrogen-bond donors (Lipinski definition) is 2. The van der Waals surface area contributed by atoms with E-state index in [-0.39, 0.29) is 17.9 Å². The van der Waals surface area contributed by atoms with Gasteiger partial charge in [0, 0.05) is 17.6 Å². The summed E-state index contributed by atoms with van der Waals surface area (Å²) in [5, 5.41) is 2.94. The summed E-state index contributed by atoms with van der Waals surface area (Å²) in [5.41, 5.74) is 9.43. The number of rotatable bonds is 5. The van der Waals surface area contributed by atoms with Gasteiger partial charge in [0.25, 0.3) is 0 Å². The Balaban J connectivity index is 1.48. The zero-order valence-electron chi connectivity index (χ0n) is 14.1. The zero-order valence-corrected chi connectivity index (χ0v) is 14.1. The molecule has 1 amide bonds. The molecule has 0 spiro atoms. The Morgan fingerprint density at radius 3 is 2.72 bits per heavy atom. The number of anilines is 1. The molecule has 2 atom stereocenters. The predicted molar refractivity (Wildman–Crippen MR) is 97.1 cm³/mol. The number of aromatic nitrogens is 1. The lowest BCUT2D eigenvalue weighted by Gasteiger charge is -2.19. The molecule has 25 heavy (non-hydrogen) atoms. The van der Waals surface area contributed by atoms with Crippen molar-refractivity contribution in [2.75, 3.05) is 5.32 Å². The molecule has 4 rings (SSSR count). The number of fused-ring (bicyclic) bond motifs is 1. The molecule has 1 fully saturated rings. The van der Waals surface area contributed by atoms with Gasteiger partial charge >= 0.3 is 0 Å². The van der Waals surface area contributed by atoms with Crippen LogP contribution in [0.15, 0.2) is 52.9 Å². The maximum atomic E-state index is 12.6. The topological polar surface area (TPSA) is 81.2 Å². The molecular formula is C20H21N3O2. The molecule has 5 nitrogen and oxygen atoms in total. The molecule has 0 aliphatic heterocycles. The van der Waals surface area contributed by atoms with Crippen LogP contribution in [0.2, 0.25) is 0 Å². The van der Waals surface area contributed by atoms with Gasteiger partial charge in [0.2, 0.25) is 5.91 Å². The summed E-state index contributed by atoms with van der Waals surface area (Å²) < 4.78 is 5.75. The second-order valence-corrected chi connectivity index (χ2v) is 6.72. The molecule has 3 N–H and O–H groups in total. The van der Waals surface area contributed by atoms with Crippen molar-refractivity contribution in [2.24, 2.45) is 11.7 Å². The maximum absolute atomic E-state index is 12.6. The van der Waals surface area contributed by atoms with Crippen LogP contribution in [-0.2, 0) is 4.79 Å². The Kier molecular flexibility index (Phi) is 4.01. The van der Waals surface area contributed by atoms with Crippen molar-refractivity contribution in [1.82, 2.24) is 4.98 Å². The summed E-state index contributed by atoms with van der Waals surface area (Å²) in [6.45, 7) is 1.84. The summed E-state index contributed by atoms with van der Waals surface area (Å²) in [7, 11) is 0. The minimum atomic E-state index is -0.350. The van der Waals surface area contributed by atoms with Crippen molar-refractivity contribution in [2.45, 2.75) is 31.7 Å². The highest BCUT2D eigenvalue weighted by Crippen LogP contribution is 2.40. The fraction of sp³-hybridized carbons (Fsp3) is 0.300. The average molecular weight is 335 g/mol. The second-order valence-electron chi connectivity index (χ2n) is 6.72. The maximum Gasteiger partial charge on any atom is 0.229 e. The Morgan fingerprint density at radius 1 is 1.24 bits per heavy atom. The molecule has 3 aromatic rings. The number of amides is 1. The highest BCUT2D eigenvalue weighted by Gasteiger charge is 2.29. The smallest absolute Gasteiger partial charge is 0.229 e. The van der Waals surface area contributed by atoms with E-state index in [1.165, 1.54) is 0 Å². The van der Waals surface area contributed by atoms with Crippen LogP contribution in [0.5, 0.6) is 0 Å². The van der Waals surface area contributed by atoms with E-state index >= 15 is 0 Å². The number of nitrogens with one attached hydrogen (secondary N) is 1. The lowest BCUT2D eigenvalue weighted by molar-refractivity contribution is -0.120. The highest BCUT2D eigenvalue weighted by molar-refractivity contribution is 5.94. The summed E-state index contributed by atoms with van der Waals surface area (Å²) in [4.78, 5) is 17.1. The monoisotopic (exact) mass is 335 g/mol. The average Bonchev–Trinajstić information content (AvgIpc) is 3.40. The van der Waals surface area contributed by atoms with Crippen LogP contribution >= 0.6 is 0 Å². The standard InChI is InChI=1S/C20H21N3O2/c1-12(18(21)13-5-3-2-4-6-13)19(24)22-15-9-10-17-16(11-15)23-20(25-17)14-7-8-14/h2-6,9-12,14,18H,7-8,21H2,1H3,(H,22,24). The normalized spacial score (nSPS) is 16.6. The molecule has 0 saturated heterocycles. The quantitative estimate of drug-likeness (QED) is 0.739. The van der Waals surface area contributed by atoms with Crippen LogP contribution in [0.4, 0.5) is 5.69 Å². The number of hydrogen-bond acceptors (Lipinski definition) is 4. The predicted octanol–water partition coefficient (Wildman–Crippen LogP) is 3.98. The molecule has 128 valence electrons. The van der Waals surface area contributed by atoms with Crippen LogP contribution < -0.4 is 11.1 Å². The molecule has 0 bridgehead atoms. The van der Waals surface area contributed by atoms with Gasteiger partial charge < -0.3 is 15.5 Å². The Hall–Kier alpha value is -2.66. The lowest BCUT2D eigenvalue weighted by Crippen LogP contribution is -2.30. The Labute approximate surface area is 146 Å². The van der Waals surface area contributed by atoms with Gasteiger partial charge in [-0.1, -0.05) is 37.3 Å². The van der Waals surface area contributed by atoms with Crippen LogP contribution in [-0.4, -0.2) is 10.9 Å². The Bertz CT molecular complexity index is 900. The first kappa shape index (κ1) is 15.8. The van der Waals surface area contributed by atoms with E-state index in [9.17, 15) is 4.79 Å². The molecule has 2 aromatic carbocycles. The van der Waals surface area contributed by atoms with E-state index in [1.54, 1.807) is 0 Å². The van der Waals surface area contributed by atoms with Crippen molar-refractivity contribution in [3.8, 4) is 0 Å². The highest BCUT2D eigenvalue weighted by atomic mass is 16.3. The third-order valence-corrected chi connectivity index (χ3v) is 4.73. The molecule has 1 aliphatic carbocycles. The number of carbonyl (C=O) groups excluding carboxylic acids is 1. The molecule has 1 aromatic heterocycles. The van der Waals surface area contributed by atoms with Crippen molar-refractivity contribution in [3.05, 3.63) is 60.0 Å². The van der Waals surface area contributed by atoms with Gasteiger partial charge in [0.15, 0.2) is 11.5 Å². The van der Waals surface area contributed by atoms with E-state index < -0.39 is 0 Å². The third kappa shape index (κ3) is 3.28. The number of nitrogens with two attached hydrogens (primary N) is 1. The van der Waals surface area contributed by atoms with E-state index in [0.717, 1.165) is 35.4 Å².